The van der Waals surface area contributed by atoms with Crippen LogP contribution in [0, 0.1) is 5.92 Å². The normalized spacial score (nSPS) is 19.1. The van der Waals surface area contributed by atoms with Crippen LogP contribution in [0.4, 0.5) is 0 Å². The van der Waals surface area contributed by atoms with Gasteiger partial charge in [-0.25, -0.2) is 4.68 Å². The van der Waals surface area contributed by atoms with E-state index in [9.17, 15) is 9.59 Å². The molecule has 1 aliphatic rings. The molecule has 30 heavy (non-hydrogen) atoms. The summed E-state index contributed by atoms with van der Waals surface area (Å²) < 4.78 is 1.56. The SMILES string of the molecule is CC(C)C[C@](C)(N)C(=O)NC(=O)[C@@H]1CCCN1Cc1cc(Cl)ccc1-n1cnnn1. The number of nitrogens with zero attached hydrogens (tertiary/aromatic N) is 5. The molecule has 1 aliphatic heterocycles. The maximum atomic E-state index is 12.9. The van der Waals surface area contributed by atoms with Gasteiger partial charge in [0.15, 0.2) is 0 Å². The van der Waals surface area contributed by atoms with Crippen LogP contribution in [-0.2, 0) is 16.1 Å². The Balaban J connectivity index is 1.73. The molecule has 1 aromatic heterocycles. The Morgan fingerprint density at radius 2 is 2.17 bits per heavy atom. The zero-order valence-electron chi connectivity index (χ0n) is 17.5. The Hall–Kier alpha value is -2.36. The number of hydrogen-bond acceptors (Lipinski definition) is 7. The van der Waals surface area contributed by atoms with Gasteiger partial charge < -0.3 is 5.73 Å². The third-order valence-corrected chi connectivity index (χ3v) is 5.50. The zero-order chi connectivity index (χ0) is 21.9. The van der Waals surface area contributed by atoms with Gasteiger partial charge in [-0.15, -0.1) is 5.10 Å². The highest BCUT2D eigenvalue weighted by Gasteiger charge is 2.36. The minimum atomic E-state index is -1.09. The number of halogens is 1. The van der Waals surface area contributed by atoms with Gasteiger partial charge in [-0.1, -0.05) is 25.4 Å². The van der Waals surface area contributed by atoms with E-state index in [1.807, 2.05) is 30.9 Å². The fourth-order valence-electron chi connectivity index (χ4n) is 3.99. The molecule has 0 spiro atoms. The molecule has 0 unspecified atom stereocenters. The quantitative estimate of drug-likeness (QED) is 0.681. The molecule has 0 bridgehead atoms. The van der Waals surface area contributed by atoms with E-state index in [0.29, 0.717) is 24.4 Å². The van der Waals surface area contributed by atoms with Crippen molar-refractivity contribution in [3.63, 3.8) is 0 Å². The molecule has 1 fully saturated rings. The summed E-state index contributed by atoms with van der Waals surface area (Å²) in [5.41, 5.74) is 6.74. The average Bonchev–Trinajstić information content (AvgIpc) is 3.32. The van der Waals surface area contributed by atoms with E-state index in [1.165, 1.54) is 6.33 Å². The first-order chi connectivity index (χ1) is 14.2. The molecule has 10 heteroatoms. The lowest BCUT2D eigenvalue weighted by molar-refractivity contribution is -0.136. The second-order valence-electron chi connectivity index (χ2n) is 8.49. The van der Waals surface area contributed by atoms with Crippen molar-refractivity contribution < 1.29 is 9.59 Å². The van der Waals surface area contributed by atoms with E-state index < -0.39 is 17.5 Å². The minimum absolute atomic E-state index is 0.247. The van der Waals surface area contributed by atoms with Gasteiger partial charge in [0.2, 0.25) is 11.8 Å². The smallest absolute Gasteiger partial charge is 0.246 e. The maximum Gasteiger partial charge on any atom is 0.246 e. The van der Waals surface area contributed by atoms with Crippen molar-refractivity contribution in [3.8, 4) is 5.69 Å². The molecule has 2 aromatic rings. The van der Waals surface area contributed by atoms with Crippen molar-refractivity contribution in [2.75, 3.05) is 6.54 Å². The number of aromatic nitrogens is 4. The Bertz CT molecular complexity index is 899. The van der Waals surface area contributed by atoms with Crippen LogP contribution < -0.4 is 11.1 Å². The van der Waals surface area contributed by atoms with Gasteiger partial charge in [0.05, 0.1) is 17.3 Å². The fraction of sp³-hybridized carbons (Fsp3) is 0.550. The molecule has 0 radical (unpaired) electrons. The number of carbonyl (C=O) groups is 2. The summed E-state index contributed by atoms with van der Waals surface area (Å²) in [4.78, 5) is 27.5. The van der Waals surface area contributed by atoms with Crippen LogP contribution in [0.5, 0.6) is 0 Å². The molecule has 2 atom stereocenters. The lowest BCUT2D eigenvalue weighted by Gasteiger charge is -2.28. The number of likely N-dealkylation sites (tertiary alicyclic amines) is 1. The number of rotatable bonds is 7. The largest absolute Gasteiger partial charge is 0.318 e. The average molecular weight is 434 g/mol. The van der Waals surface area contributed by atoms with Crippen LogP contribution in [0.3, 0.4) is 0 Å². The summed E-state index contributed by atoms with van der Waals surface area (Å²) in [6.45, 7) is 6.86. The number of imide groups is 1. The van der Waals surface area contributed by atoms with Gasteiger partial charge in [0.1, 0.15) is 6.33 Å². The second kappa shape index (κ2) is 9.20. The summed E-state index contributed by atoms with van der Waals surface area (Å²) in [5, 5.41) is 14.4. The number of tetrazole rings is 1. The fourth-order valence-corrected chi connectivity index (χ4v) is 4.18. The first-order valence-corrected chi connectivity index (χ1v) is 10.4. The Labute approximate surface area is 180 Å². The van der Waals surface area contributed by atoms with E-state index in [-0.39, 0.29) is 11.8 Å². The van der Waals surface area contributed by atoms with Gasteiger partial charge in [0, 0.05) is 11.6 Å². The molecule has 2 amide bonds. The predicted molar refractivity (Wildman–Crippen MR) is 113 cm³/mol. The van der Waals surface area contributed by atoms with E-state index >= 15 is 0 Å². The lowest BCUT2D eigenvalue weighted by Crippen LogP contribution is -2.56. The highest BCUT2D eigenvalue weighted by molar-refractivity contribution is 6.30. The molecular weight excluding hydrogens is 406 g/mol. The summed E-state index contributed by atoms with van der Waals surface area (Å²) in [7, 11) is 0. The van der Waals surface area contributed by atoms with Crippen molar-refractivity contribution in [1.29, 1.82) is 0 Å². The summed E-state index contributed by atoms with van der Waals surface area (Å²) >= 11 is 6.21. The van der Waals surface area contributed by atoms with E-state index in [1.54, 1.807) is 17.7 Å². The molecule has 3 rings (SSSR count). The van der Waals surface area contributed by atoms with Crippen LogP contribution >= 0.6 is 11.6 Å². The topological polar surface area (TPSA) is 119 Å². The molecule has 0 aliphatic carbocycles. The highest BCUT2D eigenvalue weighted by Crippen LogP contribution is 2.25. The molecule has 0 saturated carbocycles. The van der Waals surface area contributed by atoms with E-state index in [2.05, 4.69) is 20.8 Å². The van der Waals surface area contributed by atoms with Crippen molar-refractivity contribution >= 4 is 23.4 Å². The monoisotopic (exact) mass is 433 g/mol. The van der Waals surface area contributed by atoms with Crippen molar-refractivity contribution in [1.82, 2.24) is 30.4 Å². The summed E-state index contributed by atoms with van der Waals surface area (Å²) in [6.07, 6.45) is 3.54. The number of nitrogens with one attached hydrogen (secondary N) is 1. The number of nitrogens with two attached hydrogens (primary N) is 1. The number of benzene rings is 1. The zero-order valence-corrected chi connectivity index (χ0v) is 18.3. The van der Waals surface area contributed by atoms with Gasteiger partial charge in [-0.2, -0.15) is 0 Å². The number of hydrogen-bond donors (Lipinski definition) is 2. The maximum absolute atomic E-state index is 12.9. The molecule has 2 heterocycles. The molecule has 9 nitrogen and oxygen atoms in total. The molecule has 3 N–H and O–H groups in total. The lowest BCUT2D eigenvalue weighted by atomic mass is 9.91. The van der Waals surface area contributed by atoms with Crippen LogP contribution in [0.2, 0.25) is 5.02 Å². The van der Waals surface area contributed by atoms with Crippen molar-refractivity contribution in [2.45, 2.75) is 58.2 Å². The summed E-state index contributed by atoms with van der Waals surface area (Å²) in [6, 6.07) is 5.04. The van der Waals surface area contributed by atoms with Gasteiger partial charge in [-0.3, -0.25) is 19.8 Å². The van der Waals surface area contributed by atoms with E-state index in [4.69, 9.17) is 17.3 Å². The third-order valence-electron chi connectivity index (χ3n) is 5.26. The van der Waals surface area contributed by atoms with Gasteiger partial charge in [0.25, 0.3) is 0 Å². The number of carbonyl (C=O) groups excluding carboxylic acids is 2. The molecule has 162 valence electrons. The summed E-state index contributed by atoms with van der Waals surface area (Å²) in [5.74, 6) is -0.509. The Morgan fingerprint density at radius 3 is 2.83 bits per heavy atom. The van der Waals surface area contributed by atoms with Gasteiger partial charge >= 0.3 is 0 Å². The van der Waals surface area contributed by atoms with Crippen LogP contribution in [0.25, 0.3) is 5.69 Å². The predicted octanol–water partition coefficient (Wildman–Crippen LogP) is 1.69. The minimum Gasteiger partial charge on any atom is -0.318 e. The second-order valence-corrected chi connectivity index (χ2v) is 8.93. The number of amides is 2. The Morgan fingerprint density at radius 1 is 1.40 bits per heavy atom. The highest BCUT2D eigenvalue weighted by atomic mass is 35.5. The van der Waals surface area contributed by atoms with Crippen molar-refractivity contribution in [2.24, 2.45) is 11.7 Å². The molecular formula is C20H28ClN7O2. The van der Waals surface area contributed by atoms with Crippen LogP contribution in [0.15, 0.2) is 24.5 Å². The van der Waals surface area contributed by atoms with E-state index in [0.717, 1.165) is 24.2 Å². The van der Waals surface area contributed by atoms with Gasteiger partial charge in [-0.05, 0) is 72.8 Å². The first-order valence-electron chi connectivity index (χ1n) is 10.1. The first kappa shape index (κ1) is 22.3. The third kappa shape index (κ3) is 5.21. The van der Waals surface area contributed by atoms with Crippen LogP contribution in [-0.4, -0.2) is 55.0 Å². The van der Waals surface area contributed by atoms with Crippen LogP contribution in [0.1, 0.15) is 45.6 Å². The molecule has 1 aromatic carbocycles. The Kier molecular flexibility index (Phi) is 6.84. The van der Waals surface area contributed by atoms with Crippen molar-refractivity contribution in [3.05, 3.63) is 35.1 Å². The molecule has 1 saturated heterocycles. The standard InChI is InChI=1S/C20H28ClN7O2/c1-13(2)10-20(3,22)19(30)24-18(29)17-5-4-8-27(17)11-14-9-15(21)6-7-16(14)28-12-23-25-26-28/h6-7,9,12-13,17H,4-5,8,10-11,22H2,1-3H3,(H,24,29,30)/t17-,20-/m0/s1.